The van der Waals surface area contributed by atoms with Gasteiger partial charge in [0.15, 0.2) is 0 Å². The van der Waals surface area contributed by atoms with Gasteiger partial charge in [0.2, 0.25) is 0 Å². The van der Waals surface area contributed by atoms with E-state index in [1.807, 2.05) is 0 Å². The number of piperazine rings is 1. The fraction of sp³-hybridized carbons (Fsp3) is 1.00. The summed E-state index contributed by atoms with van der Waals surface area (Å²) in [6.07, 6.45) is 1.14. The lowest BCUT2D eigenvalue weighted by Crippen LogP contribution is -2.52. The van der Waals surface area contributed by atoms with Crippen LogP contribution in [0.25, 0.3) is 0 Å². The van der Waals surface area contributed by atoms with Crippen molar-refractivity contribution in [1.82, 2.24) is 15.1 Å². The summed E-state index contributed by atoms with van der Waals surface area (Å²) in [5, 5.41) is 12.6. The Balaban J connectivity index is 1.74. The van der Waals surface area contributed by atoms with Crippen LogP contribution in [0.1, 0.15) is 13.3 Å². The van der Waals surface area contributed by atoms with Gasteiger partial charge in [-0.2, -0.15) is 0 Å². The van der Waals surface area contributed by atoms with Crippen LogP contribution in [0.15, 0.2) is 0 Å². The van der Waals surface area contributed by atoms with E-state index in [0.717, 1.165) is 65.4 Å². The van der Waals surface area contributed by atoms with Crippen molar-refractivity contribution in [3.05, 3.63) is 0 Å². The van der Waals surface area contributed by atoms with Gasteiger partial charge < -0.3 is 20.1 Å². The molecular formula is C14H29N3O2. The second kappa shape index (κ2) is 8.17. The highest BCUT2D eigenvalue weighted by molar-refractivity contribution is 4.83. The summed E-state index contributed by atoms with van der Waals surface area (Å²) >= 11 is 0. The van der Waals surface area contributed by atoms with E-state index in [9.17, 15) is 0 Å². The van der Waals surface area contributed by atoms with E-state index in [0.29, 0.717) is 12.0 Å². The van der Waals surface area contributed by atoms with Crippen LogP contribution in [0, 0.1) is 5.92 Å². The van der Waals surface area contributed by atoms with Crippen LogP contribution >= 0.6 is 0 Å². The molecule has 0 aliphatic carbocycles. The fourth-order valence-corrected chi connectivity index (χ4v) is 3.18. The molecule has 0 aromatic carbocycles. The number of hydrogen-bond donors (Lipinski definition) is 2. The molecule has 2 aliphatic heterocycles. The van der Waals surface area contributed by atoms with Crippen molar-refractivity contribution in [1.29, 1.82) is 0 Å². The highest BCUT2D eigenvalue weighted by Gasteiger charge is 2.28. The minimum absolute atomic E-state index is 0.277. The van der Waals surface area contributed by atoms with Crippen molar-refractivity contribution >= 4 is 0 Å². The minimum Gasteiger partial charge on any atom is -0.395 e. The zero-order valence-corrected chi connectivity index (χ0v) is 12.2. The van der Waals surface area contributed by atoms with E-state index in [1.54, 1.807) is 0 Å². The van der Waals surface area contributed by atoms with Gasteiger partial charge >= 0.3 is 0 Å². The van der Waals surface area contributed by atoms with Crippen LogP contribution in [0.3, 0.4) is 0 Å². The quantitative estimate of drug-likeness (QED) is 0.689. The molecule has 0 radical (unpaired) electrons. The summed E-state index contributed by atoms with van der Waals surface area (Å²) in [6.45, 7) is 11.7. The molecule has 2 heterocycles. The zero-order chi connectivity index (χ0) is 13.5. The Bertz CT molecular complexity index is 243. The molecule has 2 fully saturated rings. The Morgan fingerprint density at radius 1 is 1.21 bits per heavy atom. The van der Waals surface area contributed by atoms with Crippen LogP contribution in [-0.4, -0.2) is 86.6 Å². The van der Waals surface area contributed by atoms with Crippen LogP contribution in [0.2, 0.25) is 0 Å². The summed E-state index contributed by atoms with van der Waals surface area (Å²) in [5.74, 6) is 0.623. The van der Waals surface area contributed by atoms with Crippen molar-refractivity contribution in [2.45, 2.75) is 19.4 Å². The predicted molar refractivity (Wildman–Crippen MR) is 76.4 cm³/mol. The Kier molecular flexibility index (Phi) is 6.53. The SMILES string of the molecule is CCNC1CCOCC1CN1CCN(CCO)CC1. The Hall–Kier alpha value is -0.200. The number of β-amino-alcohol motifs (C(OH)–C–C–N with tert-alkyl or cyclic N) is 1. The lowest BCUT2D eigenvalue weighted by molar-refractivity contribution is 0.00830. The average molecular weight is 271 g/mol. The van der Waals surface area contributed by atoms with Gasteiger partial charge in [-0.15, -0.1) is 0 Å². The van der Waals surface area contributed by atoms with Crippen molar-refractivity contribution in [3.8, 4) is 0 Å². The first-order valence-electron chi connectivity index (χ1n) is 7.70. The molecule has 0 aromatic rings. The number of aliphatic hydroxyl groups is 1. The molecule has 2 atom stereocenters. The normalized spacial score (nSPS) is 30.6. The first kappa shape index (κ1) is 15.2. The fourth-order valence-electron chi connectivity index (χ4n) is 3.18. The maximum absolute atomic E-state index is 8.96. The van der Waals surface area contributed by atoms with Crippen LogP contribution < -0.4 is 5.32 Å². The van der Waals surface area contributed by atoms with Crippen LogP contribution in [-0.2, 0) is 4.74 Å². The standard InChI is InChI=1S/C14H29N3O2/c1-2-15-14-3-10-19-12-13(14)11-17-6-4-16(5-7-17)8-9-18/h13-15,18H,2-12H2,1H3. The number of nitrogens with one attached hydrogen (secondary N) is 1. The van der Waals surface area contributed by atoms with Gasteiger partial charge in [0, 0.05) is 57.8 Å². The number of hydrogen-bond acceptors (Lipinski definition) is 5. The van der Waals surface area contributed by atoms with Gasteiger partial charge in [-0.05, 0) is 13.0 Å². The van der Waals surface area contributed by atoms with E-state index >= 15 is 0 Å². The van der Waals surface area contributed by atoms with Gasteiger partial charge in [0.25, 0.3) is 0 Å². The number of aliphatic hydroxyl groups excluding tert-OH is 1. The van der Waals surface area contributed by atoms with Crippen LogP contribution in [0.4, 0.5) is 0 Å². The molecule has 5 nitrogen and oxygen atoms in total. The molecule has 112 valence electrons. The van der Waals surface area contributed by atoms with E-state index < -0.39 is 0 Å². The van der Waals surface area contributed by atoms with Crippen molar-refractivity contribution in [2.24, 2.45) is 5.92 Å². The minimum atomic E-state index is 0.277. The Morgan fingerprint density at radius 3 is 2.63 bits per heavy atom. The van der Waals surface area contributed by atoms with Crippen molar-refractivity contribution < 1.29 is 9.84 Å². The molecular weight excluding hydrogens is 242 g/mol. The van der Waals surface area contributed by atoms with Gasteiger partial charge in [-0.1, -0.05) is 6.92 Å². The van der Waals surface area contributed by atoms with E-state index in [2.05, 4.69) is 22.0 Å². The lowest BCUT2D eigenvalue weighted by atomic mass is 9.95. The van der Waals surface area contributed by atoms with Gasteiger partial charge in [0.05, 0.1) is 13.2 Å². The lowest BCUT2D eigenvalue weighted by Gasteiger charge is -2.39. The smallest absolute Gasteiger partial charge is 0.0558 e. The molecule has 0 spiro atoms. The summed E-state index contributed by atoms with van der Waals surface area (Å²) < 4.78 is 5.65. The topological polar surface area (TPSA) is 48.0 Å². The third kappa shape index (κ3) is 4.68. The van der Waals surface area contributed by atoms with E-state index in [-0.39, 0.29) is 6.61 Å². The highest BCUT2D eigenvalue weighted by atomic mass is 16.5. The predicted octanol–water partition coefficient (Wildman–Crippen LogP) is -0.389. The highest BCUT2D eigenvalue weighted by Crippen LogP contribution is 2.17. The van der Waals surface area contributed by atoms with Gasteiger partial charge in [-0.25, -0.2) is 0 Å². The molecule has 2 saturated heterocycles. The molecule has 19 heavy (non-hydrogen) atoms. The number of rotatable bonds is 6. The first-order chi connectivity index (χ1) is 9.33. The molecule has 0 amide bonds. The second-order valence-corrected chi connectivity index (χ2v) is 5.65. The maximum atomic E-state index is 8.96. The molecule has 5 heteroatoms. The van der Waals surface area contributed by atoms with Crippen molar-refractivity contribution in [2.75, 3.05) is 65.6 Å². The molecule has 0 aromatic heterocycles. The van der Waals surface area contributed by atoms with Gasteiger partial charge in [-0.3, -0.25) is 4.90 Å². The summed E-state index contributed by atoms with van der Waals surface area (Å²) in [5.41, 5.74) is 0. The molecule has 2 aliphatic rings. The number of ether oxygens (including phenoxy) is 1. The largest absolute Gasteiger partial charge is 0.395 e. The Labute approximate surface area is 116 Å². The first-order valence-corrected chi connectivity index (χ1v) is 7.70. The molecule has 0 saturated carbocycles. The summed E-state index contributed by atoms with van der Waals surface area (Å²) in [4.78, 5) is 4.90. The zero-order valence-electron chi connectivity index (χ0n) is 12.2. The van der Waals surface area contributed by atoms with E-state index in [4.69, 9.17) is 9.84 Å². The Morgan fingerprint density at radius 2 is 1.95 bits per heavy atom. The van der Waals surface area contributed by atoms with Crippen molar-refractivity contribution in [3.63, 3.8) is 0 Å². The van der Waals surface area contributed by atoms with E-state index in [1.165, 1.54) is 0 Å². The molecule has 0 bridgehead atoms. The second-order valence-electron chi connectivity index (χ2n) is 5.65. The summed E-state index contributed by atoms with van der Waals surface area (Å²) in [7, 11) is 0. The third-order valence-corrected chi connectivity index (χ3v) is 4.31. The monoisotopic (exact) mass is 271 g/mol. The van der Waals surface area contributed by atoms with Crippen LogP contribution in [0.5, 0.6) is 0 Å². The average Bonchev–Trinajstić information content (AvgIpc) is 2.44. The maximum Gasteiger partial charge on any atom is 0.0558 e. The van der Waals surface area contributed by atoms with Gasteiger partial charge in [0.1, 0.15) is 0 Å². The summed E-state index contributed by atoms with van der Waals surface area (Å²) in [6, 6.07) is 0.620. The molecule has 2 rings (SSSR count). The molecule has 2 N–H and O–H groups in total. The third-order valence-electron chi connectivity index (χ3n) is 4.31. The molecule has 2 unspecified atom stereocenters. The number of nitrogens with zero attached hydrogens (tertiary/aromatic N) is 2.